The van der Waals surface area contributed by atoms with Gasteiger partial charge in [-0.2, -0.15) is 0 Å². The van der Waals surface area contributed by atoms with Crippen LogP contribution in [0.5, 0.6) is 0 Å². The highest BCUT2D eigenvalue weighted by atomic mass is 16.4. The van der Waals surface area contributed by atoms with Gasteiger partial charge in [0.1, 0.15) is 24.4 Å². The molecule has 0 aromatic heterocycles. The molecule has 1 heterocycles. The number of rotatable bonds is 8. The van der Waals surface area contributed by atoms with E-state index >= 15 is 0 Å². The predicted molar refractivity (Wildman–Crippen MR) is 74.2 cm³/mol. The quantitative estimate of drug-likeness (QED) is 0.354. The molecule has 0 radical (unpaired) electrons. The zero-order valence-electron chi connectivity index (χ0n) is 12.1. The maximum Gasteiger partial charge on any atom is 0.153 e. The maximum atomic E-state index is 10.2. The Kier molecular flexibility index (Phi) is 6.84. The molecular formula is C13H26N2O5. The van der Waals surface area contributed by atoms with E-state index in [1.807, 2.05) is 0 Å². The fourth-order valence-corrected chi connectivity index (χ4v) is 2.35. The summed E-state index contributed by atoms with van der Waals surface area (Å²) < 4.78 is 0. The van der Waals surface area contributed by atoms with E-state index in [0.717, 1.165) is 19.3 Å². The smallest absolute Gasteiger partial charge is 0.153 e. The summed E-state index contributed by atoms with van der Waals surface area (Å²) in [5.74, 6) is 0.600. The maximum absolute atomic E-state index is 10.2. The van der Waals surface area contributed by atoms with Gasteiger partial charge >= 0.3 is 0 Å². The minimum Gasteiger partial charge on any atom is -0.394 e. The Morgan fingerprint density at radius 3 is 2.45 bits per heavy atom. The topological polar surface area (TPSA) is 117 Å². The highest BCUT2D eigenvalue weighted by Crippen LogP contribution is 2.22. The van der Waals surface area contributed by atoms with Crippen LogP contribution in [0.15, 0.2) is 4.99 Å². The van der Waals surface area contributed by atoms with Crippen molar-refractivity contribution in [1.29, 1.82) is 0 Å². The molecule has 0 fully saturated rings. The second kappa shape index (κ2) is 7.90. The fourth-order valence-electron chi connectivity index (χ4n) is 2.35. The second-order valence-corrected chi connectivity index (χ2v) is 5.21. The third kappa shape index (κ3) is 3.89. The number of nitrogens with zero attached hydrogens (tertiary/aromatic N) is 2. The minimum absolute atomic E-state index is 0.600. The van der Waals surface area contributed by atoms with Crippen molar-refractivity contribution in [1.82, 2.24) is 4.90 Å². The van der Waals surface area contributed by atoms with E-state index in [1.165, 1.54) is 0 Å². The lowest BCUT2D eigenvalue weighted by Crippen LogP contribution is -2.51. The van der Waals surface area contributed by atoms with Gasteiger partial charge in [-0.05, 0) is 13.3 Å². The van der Waals surface area contributed by atoms with Crippen LogP contribution in [0.1, 0.15) is 33.1 Å². The summed E-state index contributed by atoms with van der Waals surface area (Å²) in [5, 5.41) is 48.0. The molecule has 1 aliphatic rings. The van der Waals surface area contributed by atoms with Gasteiger partial charge in [-0.3, -0.25) is 4.99 Å². The summed E-state index contributed by atoms with van der Waals surface area (Å²) in [6.07, 6.45) is -2.46. The zero-order valence-corrected chi connectivity index (χ0v) is 12.1. The molecule has 0 aromatic rings. The van der Waals surface area contributed by atoms with Crippen molar-refractivity contribution in [2.24, 2.45) is 4.99 Å². The molecule has 20 heavy (non-hydrogen) atoms. The van der Waals surface area contributed by atoms with Gasteiger partial charge in [0.25, 0.3) is 0 Å². The Morgan fingerprint density at radius 2 is 1.90 bits per heavy atom. The normalized spacial score (nSPS) is 27.4. The van der Waals surface area contributed by atoms with Crippen molar-refractivity contribution >= 4 is 5.84 Å². The molecule has 0 amide bonds. The summed E-state index contributed by atoms with van der Waals surface area (Å²) in [5.41, 5.74) is 0. The van der Waals surface area contributed by atoms with Crippen LogP contribution < -0.4 is 0 Å². The first-order valence-electron chi connectivity index (χ1n) is 7.08. The number of unbranched alkanes of at least 4 members (excludes halogenated alkanes) is 2. The van der Waals surface area contributed by atoms with Gasteiger partial charge < -0.3 is 30.4 Å². The van der Waals surface area contributed by atoms with Gasteiger partial charge in [-0.15, -0.1) is 0 Å². The largest absolute Gasteiger partial charge is 0.394 e. The van der Waals surface area contributed by atoms with E-state index in [1.54, 1.807) is 11.8 Å². The molecule has 118 valence electrons. The van der Waals surface area contributed by atoms with E-state index in [0.29, 0.717) is 12.4 Å². The Balaban J connectivity index is 2.64. The summed E-state index contributed by atoms with van der Waals surface area (Å²) in [6.45, 7) is 3.79. The summed E-state index contributed by atoms with van der Waals surface area (Å²) in [6, 6.07) is -0.923. The molecular weight excluding hydrogens is 264 g/mol. The Bertz CT molecular complexity index is 326. The van der Waals surface area contributed by atoms with Crippen LogP contribution in [-0.2, 0) is 0 Å². The van der Waals surface area contributed by atoms with Crippen molar-refractivity contribution in [2.45, 2.75) is 63.7 Å². The van der Waals surface area contributed by atoms with E-state index in [-0.39, 0.29) is 0 Å². The number of aliphatic imine (C=N–C) groups is 1. The lowest BCUT2D eigenvalue weighted by Gasteiger charge is -2.30. The first-order chi connectivity index (χ1) is 9.43. The molecule has 0 saturated carbocycles. The second-order valence-electron chi connectivity index (χ2n) is 5.21. The van der Waals surface area contributed by atoms with Crippen LogP contribution in [0.3, 0.4) is 0 Å². The molecule has 0 saturated heterocycles. The number of hydrogen-bond donors (Lipinski definition) is 5. The standard InChI is InChI=1S/C13H26N2O5/c1-3-4-5-6-15-8(2)14-10(13(15)20)12(19)11(18)9(17)7-16/h9-13,16-20H,3-7H2,1-2H3/t9?,10?,11?,12?,13-/m0/s1. The van der Waals surface area contributed by atoms with E-state index in [2.05, 4.69) is 11.9 Å². The molecule has 0 aromatic carbocycles. The average Bonchev–Trinajstić information content (AvgIpc) is 2.72. The third-order valence-corrected chi connectivity index (χ3v) is 3.66. The van der Waals surface area contributed by atoms with Gasteiger partial charge in [0.05, 0.1) is 12.4 Å². The zero-order chi connectivity index (χ0) is 15.3. The Morgan fingerprint density at radius 1 is 1.25 bits per heavy atom. The molecule has 1 aliphatic heterocycles. The van der Waals surface area contributed by atoms with Gasteiger partial charge in [0.2, 0.25) is 0 Å². The van der Waals surface area contributed by atoms with Crippen LogP contribution in [0, 0.1) is 0 Å². The van der Waals surface area contributed by atoms with Crippen LogP contribution in [-0.4, -0.2) is 80.0 Å². The third-order valence-electron chi connectivity index (χ3n) is 3.66. The molecule has 7 heteroatoms. The van der Waals surface area contributed by atoms with Crippen LogP contribution in [0.25, 0.3) is 0 Å². The highest BCUT2D eigenvalue weighted by molar-refractivity contribution is 5.82. The highest BCUT2D eigenvalue weighted by Gasteiger charge is 2.41. The van der Waals surface area contributed by atoms with E-state index in [9.17, 15) is 20.4 Å². The summed E-state index contributed by atoms with van der Waals surface area (Å²) in [7, 11) is 0. The number of hydrogen-bond acceptors (Lipinski definition) is 7. The van der Waals surface area contributed by atoms with Gasteiger partial charge in [0, 0.05) is 6.54 Å². The van der Waals surface area contributed by atoms with Crippen LogP contribution in [0.2, 0.25) is 0 Å². The van der Waals surface area contributed by atoms with E-state index in [4.69, 9.17) is 5.11 Å². The lowest BCUT2D eigenvalue weighted by atomic mass is 10.0. The van der Waals surface area contributed by atoms with Crippen molar-refractivity contribution < 1.29 is 25.5 Å². The molecule has 5 N–H and O–H groups in total. The number of amidine groups is 1. The summed E-state index contributed by atoms with van der Waals surface area (Å²) in [4.78, 5) is 5.84. The monoisotopic (exact) mass is 290 g/mol. The first kappa shape index (κ1) is 17.3. The predicted octanol–water partition coefficient (Wildman–Crippen LogP) is -1.33. The molecule has 0 aliphatic carbocycles. The molecule has 1 rings (SSSR count). The fraction of sp³-hybridized carbons (Fsp3) is 0.923. The molecule has 7 nitrogen and oxygen atoms in total. The van der Waals surface area contributed by atoms with Crippen LogP contribution >= 0.6 is 0 Å². The van der Waals surface area contributed by atoms with Gasteiger partial charge in [-0.1, -0.05) is 19.8 Å². The minimum atomic E-state index is -1.55. The Labute approximate surface area is 119 Å². The lowest BCUT2D eigenvalue weighted by molar-refractivity contribution is -0.102. The number of aliphatic hydroxyl groups is 5. The Hall–Kier alpha value is -0.730. The first-order valence-corrected chi connectivity index (χ1v) is 7.08. The average molecular weight is 290 g/mol. The molecule has 5 atom stereocenters. The molecule has 0 spiro atoms. The molecule has 0 bridgehead atoms. The van der Waals surface area contributed by atoms with Crippen molar-refractivity contribution in [3.8, 4) is 0 Å². The van der Waals surface area contributed by atoms with Crippen molar-refractivity contribution in [3.63, 3.8) is 0 Å². The SMILES string of the molecule is CCCCCN1C(C)=NC(C(O)C(O)C(O)CO)[C@@H]1O. The van der Waals surface area contributed by atoms with Crippen molar-refractivity contribution in [3.05, 3.63) is 0 Å². The van der Waals surface area contributed by atoms with Crippen molar-refractivity contribution in [2.75, 3.05) is 13.2 Å². The van der Waals surface area contributed by atoms with E-state index < -0.39 is 37.2 Å². The van der Waals surface area contributed by atoms with Crippen LogP contribution in [0.4, 0.5) is 0 Å². The molecule has 4 unspecified atom stereocenters. The summed E-state index contributed by atoms with van der Waals surface area (Å²) >= 11 is 0. The van der Waals surface area contributed by atoms with Gasteiger partial charge in [-0.25, -0.2) is 0 Å². The number of aliphatic hydroxyl groups excluding tert-OH is 5. The van der Waals surface area contributed by atoms with Gasteiger partial charge in [0.15, 0.2) is 6.23 Å².